The molecule has 2 aromatic rings. The largest absolute Gasteiger partial charge is 0.478 e. The lowest BCUT2D eigenvalue weighted by molar-refractivity contribution is 0.0697. The Bertz CT molecular complexity index is 570. The zero-order chi connectivity index (χ0) is 13.7. The number of anilines is 2. The standard InChI is InChI=1S/C15H15NO2S/c17-15(18)14-11(9-10-19)5-4-8-13(14)16-12-6-2-1-3-7-12/h1-8,16,19H,9-10H2,(H,17,18). The van der Waals surface area contributed by atoms with Gasteiger partial charge < -0.3 is 10.4 Å². The molecule has 2 N–H and O–H groups in total. The van der Waals surface area contributed by atoms with E-state index in [2.05, 4.69) is 17.9 Å². The highest BCUT2D eigenvalue weighted by Crippen LogP contribution is 2.24. The number of aryl methyl sites for hydroxylation is 1. The summed E-state index contributed by atoms with van der Waals surface area (Å²) in [7, 11) is 0. The normalized spacial score (nSPS) is 10.2. The smallest absolute Gasteiger partial charge is 0.338 e. The number of nitrogens with one attached hydrogen (secondary N) is 1. The number of aromatic carboxylic acids is 1. The third kappa shape index (κ3) is 3.29. The minimum Gasteiger partial charge on any atom is -0.478 e. The Morgan fingerprint density at radius 2 is 1.84 bits per heavy atom. The van der Waals surface area contributed by atoms with Crippen LogP contribution in [0.15, 0.2) is 48.5 Å². The number of carboxylic acid groups (broad SMARTS) is 1. The van der Waals surface area contributed by atoms with Crippen LogP contribution in [-0.2, 0) is 6.42 Å². The molecule has 0 spiro atoms. The van der Waals surface area contributed by atoms with Gasteiger partial charge in [-0.15, -0.1) is 0 Å². The van der Waals surface area contributed by atoms with E-state index in [0.29, 0.717) is 23.4 Å². The molecular weight excluding hydrogens is 258 g/mol. The Labute approximate surface area is 117 Å². The lowest BCUT2D eigenvalue weighted by atomic mass is 10.0. The van der Waals surface area contributed by atoms with E-state index >= 15 is 0 Å². The van der Waals surface area contributed by atoms with Crippen LogP contribution in [-0.4, -0.2) is 16.8 Å². The van der Waals surface area contributed by atoms with Gasteiger partial charge in [-0.2, -0.15) is 12.6 Å². The Morgan fingerprint density at radius 1 is 1.11 bits per heavy atom. The van der Waals surface area contributed by atoms with E-state index in [4.69, 9.17) is 0 Å². The van der Waals surface area contributed by atoms with Crippen molar-refractivity contribution in [3.05, 3.63) is 59.7 Å². The van der Waals surface area contributed by atoms with Crippen molar-refractivity contribution < 1.29 is 9.90 Å². The zero-order valence-corrected chi connectivity index (χ0v) is 11.2. The second-order valence-electron chi connectivity index (χ2n) is 4.11. The molecule has 2 aromatic carbocycles. The molecule has 0 saturated heterocycles. The molecule has 0 aliphatic rings. The van der Waals surface area contributed by atoms with E-state index in [1.54, 1.807) is 6.07 Å². The van der Waals surface area contributed by atoms with Crippen molar-refractivity contribution in [1.82, 2.24) is 0 Å². The molecule has 0 aliphatic carbocycles. The molecule has 98 valence electrons. The molecule has 4 heteroatoms. The Kier molecular flexibility index (Phi) is 4.47. The number of hydrogen-bond acceptors (Lipinski definition) is 3. The van der Waals surface area contributed by atoms with Gasteiger partial charge in [0, 0.05) is 5.69 Å². The molecule has 0 unspecified atom stereocenters. The van der Waals surface area contributed by atoms with Crippen LogP contribution < -0.4 is 5.32 Å². The fraction of sp³-hybridized carbons (Fsp3) is 0.133. The highest BCUT2D eigenvalue weighted by molar-refractivity contribution is 7.80. The van der Waals surface area contributed by atoms with Crippen molar-refractivity contribution >= 4 is 30.0 Å². The van der Waals surface area contributed by atoms with Gasteiger partial charge in [-0.25, -0.2) is 4.79 Å². The number of carboxylic acids is 1. The van der Waals surface area contributed by atoms with Gasteiger partial charge in [0.25, 0.3) is 0 Å². The number of carbonyl (C=O) groups is 1. The molecule has 3 nitrogen and oxygen atoms in total. The summed E-state index contributed by atoms with van der Waals surface area (Å²) >= 11 is 4.17. The minimum absolute atomic E-state index is 0.320. The van der Waals surface area contributed by atoms with Crippen molar-refractivity contribution in [3.63, 3.8) is 0 Å². The summed E-state index contributed by atoms with van der Waals surface area (Å²) in [6, 6.07) is 15.0. The van der Waals surface area contributed by atoms with Crippen LogP contribution in [0.5, 0.6) is 0 Å². The average Bonchev–Trinajstić information content (AvgIpc) is 2.40. The average molecular weight is 273 g/mol. The lowest BCUT2D eigenvalue weighted by Gasteiger charge is -2.13. The number of benzene rings is 2. The van der Waals surface area contributed by atoms with Crippen molar-refractivity contribution in [2.75, 3.05) is 11.1 Å². The van der Waals surface area contributed by atoms with Gasteiger partial charge in [-0.3, -0.25) is 0 Å². The van der Waals surface area contributed by atoms with E-state index in [9.17, 15) is 9.90 Å². The zero-order valence-electron chi connectivity index (χ0n) is 10.3. The van der Waals surface area contributed by atoms with Crippen LogP contribution in [0.2, 0.25) is 0 Å². The summed E-state index contributed by atoms with van der Waals surface area (Å²) in [5, 5.41) is 12.5. The van der Waals surface area contributed by atoms with E-state index in [1.165, 1.54) is 0 Å². The van der Waals surface area contributed by atoms with Gasteiger partial charge >= 0.3 is 5.97 Å². The minimum atomic E-state index is -0.921. The molecule has 0 atom stereocenters. The van der Waals surface area contributed by atoms with Crippen LogP contribution in [0.1, 0.15) is 15.9 Å². The maximum atomic E-state index is 11.4. The molecule has 2 rings (SSSR count). The second-order valence-corrected chi connectivity index (χ2v) is 4.56. The predicted molar refractivity (Wildman–Crippen MR) is 80.7 cm³/mol. The molecule has 0 heterocycles. The number of para-hydroxylation sites is 1. The van der Waals surface area contributed by atoms with Crippen LogP contribution in [0.4, 0.5) is 11.4 Å². The van der Waals surface area contributed by atoms with Gasteiger partial charge in [0.1, 0.15) is 0 Å². The van der Waals surface area contributed by atoms with Crippen LogP contribution in [0.25, 0.3) is 0 Å². The summed E-state index contributed by atoms with van der Waals surface area (Å²) in [5.41, 5.74) is 2.59. The maximum absolute atomic E-state index is 11.4. The number of thiol groups is 1. The van der Waals surface area contributed by atoms with E-state index in [0.717, 1.165) is 11.3 Å². The highest BCUT2D eigenvalue weighted by atomic mass is 32.1. The van der Waals surface area contributed by atoms with Crippen LogP contribution >= 0.6 is 12.6 Å². The van der Waals surface area contributed by atoms with Crippen molar-refractivity contribution in [1.29, 1.82) is 0 Å². The highest BCUT2D eigenvalue weighted by Gasteiger charge is 2.14. The van der Waals surface area contributed by atoms with E-state index in [1.807, 2.05) is 42.5 Å². The van der Waals surface area contributed by atoms with Gasteiger partial charge in [-0.05, 0) is 35.9 Å². The maximum Gasteiger partial charge on any atom is 0.338 e. The van der Waals surface area contributed by atoms with Crippen LogP contribution in [0, 0.1) is 0 Å². The van der Waals surface area contributed by atoms with E-state index < -0.39 is 5.97 Å². The third-order valence-electron chi connectivity index (χ3n) is 2.80. The van der Waals surface area contributed by atoms with Crippen LogP contribution in [0.3, 0.4) is 0 Å². The molecule has 0 aliphatic heterocycles. The van der Waals surface area contributed by atoms with Gasteiger partial charge in [0.15, 0.2) is 0 Å². The van der Waals surface area contributed by atoms with Crippen molar-refractivity contribution in [2.24, 2.45) is 0 Å². The Morgan fingerprint density at radius 3 is 2.47 bits per heavy atom. The quantitative estimate of drug-likeness (QED) is 0.729. The molecular formula is C15H15NO2S. The summed E-state index contributed by atoms with van der Waals surface area (Å²) in [6.45, 7) is 0. The van der Waals surface area contributed by atoms with Crippen molar-refractivity contribution in [3.8, 4) is 0 Å². The Balaban J connectivity index is 2.39. The SMILES string of the molecule is O=C(O)c1c(CCS)cccc1Nc1ccccc1. The summed E-state index contributed by atoms with van der Waals surface area (Å²) in [5.74, 6) is -0.300. The number of hydrogen-bond donors (Lipinski definition) is 3. The molecule has 19 heavy (non-hydrogen) atoms. The summed E-state index contributed by atoms with van der Waals surface area (Å²) < 4.78 is 0. The molecule has 0 saturated carbocycles. The molecule has 0 bridgehead atoms. The second kappa shape index (κ2) is 6.29. The summed E-state index contributed by atoms with van der Waals surface area (Å²) in [6.07, 6.45) is 0.634. The predicted octanol–water partition coefficient (Wildman–Crippen LogP) is 3.60. The fourth-order valence-electron chi connectivity index (χ4n) is 1.96. The lowest BCUT2D eigenvalue weighted by Crippen LogP contribution is -2.07. The van der Waals surface area contributed by atoms with Gasteiger partial charge in [0.2, 0.25) is 0 Å². The molecule has 0 fully saturated rings. The van der Waals surface area contributed by atoms with Crippen molar-refractivity contribution in [2.45, 2.75) is 6.42 Å². The molecule has 0 aromatic heterocycles. The topological polar surface area (TPSA) is 49.3 Å². The third-order valence-corrected chi connectivity index (χ3v) is 3.02. The fourth-order valence-corrected chi connectivity index (χ4v) is 2.20. The number of rotatable bonds is 5. The first-order valence-electron chi connectivity index (χ1n) is 6.00. The first kappa shape index (κ1) is 13.5. The monoisotopic (exact) mass is 273 g/mol. The van der Waals surface area contributed by atoms with Gasteiger partial charge in [0.05, 0.1) is 11.3 Å². The molecule has 0 radical (unpaired) electrons. The van der Waals surface area contributed by atoms with E-state index in [-0.39, 0.29) is 0 Å². The van der Waals surface area contributed by atoms with Gasteiger partial charge in [-0.1, -0.05) is 30.3 Å². The first-order chi connectivity index (χ1) is 9.22. The molecule has 0 amide bonds. The Hall–Kier alpha value is -1.94. The first-order valence-corrected chi connectivity index (χ1v) is 6.63. The summed E-state index contributed by atoms with van der Waals surface area (Å²) in [4.78, 5) is 11.4.